The lowest BCUT2D eigenvalue weighted by Crippen LogP contribution is -2.33. The molecule has 31 heavy (non-hydrogen) atoms. The summed E-state index contributed by atoms with van der Waals surface area (Å²) in [5.74, 6) is -0.276. The van der Waals surface area contributed by atoms with Gasteiger partial charge in [-0.3, -0.25) is 9.10 Å². The minimum Gasteiger partial charge on any atom is -0.352 e. The summed E-state index contributed by atoms with van der Waals surface area (Å²) in [7, 11) is -3.58. The van der Waals surface area contributed by atoms with E-state index in [1.807, 2.05) is 36.4 Å². The van der Waals surface area contributed by atoms with Gasteiger partial charge in [0, 0.05) is 6.54 Å². The molecule has 0 heterocycles. The van der Waals surface area contributed by atoms with Crippen LogP contribution in [0.2, 0.25) is 0 Å². The van der Waals surface area contributed by atoms with Gasteiger partial charge in [-0.25, -0.2) is 8.42 Å². The van der Waals surface area contributed by atoms with Gasteiger partial charge in [-0.2, -0.15) is 0 Å². The number of nitrogens with one attached hydrogen (secondary N) is 1. The number of sulfonamides is 1. The Bertz CT molecular complexity index is 1130. The van der Waals surface area contributed by atoms with Crippen LogP contribution in [0.1, 0.15) is 33.5 Å². The van der Waals surface area contributed by atoms with Gasteiger partial charge in [-0.15, -0.1) is 0 Å². The van der Waals surface area contributed by atoms with Gasteiger partial charge in [0.05, 0.1) is 24.1 Å². The van der Waals surface area contributed by atoms with Crippen molar-refractivity contribution >= 4 is 21.6 Å². The highest BCUT2D eigenvalue weighted by atomic mass is 32.2. The summed E-state index contributed by atoms with van der Waals surface area (Å²) in [5.41, 5.74) is 4.03. The SMILES string of the molecule is Cc1cccc(CCCNC(=O)c2ccccc2N(Cc2ccccc2)S(C)(=O)=O)c1. The van der Waals surface area contributed by atoms with E-state index in [4.69, 9.17) is 0 Å². The molecule has 0 radical (unpaired) electrons. The molecule has 3 aromatic carbocycles. The molecular weight excluding hydrogens is 408 g/mol. The van der Waals surface area contributed by atoms with Crippen LogP contribution < -0.4 is 9.62 Å². The summed E-state index contributed by atoms with van der Waals surface area (Å²) in [6.07, 6.45) is 2.83. The van der Waals surface area contributed by atoms with Crippen molar-refractivity contribution in [3.63, 3.8) is 0 Å². The minimum absolute atomic E-state index is 0.164. The maximum atomic E-state index is 12.9. The summed E-state index contributed by atoms with van der Waals surface area (Å²) in [6.45, 7) is 2.74. The molecule has 162 valence electrons. The summed E-state index contributed by atoms with van der Waals surface area (Å²) in [5, 5.41) is 2.93. The van der Waals surface area contributed by atoms with Crippen LogP contribution in [0, 0.1) is 6.92 Å². The highest BCUT2D eigenvalue weighted by Gasteiger charge is 2.23. The Kier molecular flexibility index (Phi) is 7.47. The standard InChI is InChI=1S/C25H28N2O3S/c1-20-10-8-13-21(18-20)14-9-17-26-25(28)23-15-6-7-16-24(23)27(31(2,29)30)19-22-11-4-3-5-12-22/h3-8,10-13,15-16,18H,9,14,17,19H2,1-2H3,(H,26,28). The molecule has 0 aromatic heterocycles. The second-order valence-electron chi connectivity index (χ2n) is 7.62. The Labute approximate surface area is 184 Å². The first-order chi connectivity index (χ1) is 14.8. The number of carbonyl (C=O) groups excluding carboxylic acids is 1. The van der Waals surface area contributed by atoms with Crippen LogP contribution >= 0.6 is 0 Å². The van der Waals surface area contributed by atoms with E-state index in [-0.39, 0.29) is 12.5 Å². The summed E-state index contributed by atoms with van der Waals surface area (Å²) in [6, 6.07) is 24.5. The molecule has 0 aliphatic rings. The van der Waals surface area contributed by atoms with Gasteiger partial charge in [0.15, 0.2) is 0 Å². The van der Waals surface area contributed by atoms with Crippen LogP contribution in [-0.4, -0.2) is 27.1 Å². The Hall–Kier alpha value is -3.12. The van der Waals surface area contributed by atoms with Crippen LogP contribution in [0.4, 0.5) is 5.69 Å². The molecule has 0 bridgehead atoms. The van der Waals surface area contributed by atoms with Gasteiger partial charge in [0.25, 0.3) is 5.91 Å². The Balaban J connectivity index is 1.72. The van der Waals surface area contributed by atoms with E-state index in [1.165, 1.54) is 15.4 Å². The largest absolute Gasteiger partial charge is 0.352 e. The molecule has 1 N–H and O–H groups in total. The fourth-order valence-corrected chi connectivity index (χ4v) is 4.37. The number of benzene rings is 3. The van der Waals surface area contributed by atoms with Crippen LogP contribution in [0.15, 0.2) is 78.9 Å². The van der Waals surface area contributed by atoms with Crippen molar-refractivity contribution in [3.05, 3.63) is 101 Å². The van der Waals surface area contributed by atoms with Crippen LogP contribution in [-0.2, 0) is 23.0 Å². The Morgan fingerprint density at radius 1 is 0.903 bits per heavy atom. The topological polar surface area (TPSA) is 66.5 Å². The monoisotopic (exact) mass is 436 g/mol. The summed E-state index contributed by atoms with van der Waals surface area (Å²) in [4.78, 5) is 12.9. The number of nitrogens with zero attached hydrogens (tertiary/aromatic N) is 1. The highest BCUT2D eigenvalue weighted by Crippen LogP contribution is 2.25. The first-order valence-electron chi connectivity index (χ1n) is 10.3. The zero-order valence-corrected chi connectivity index (χ0v) is 18.7. The van der Waals surface area contributed by atoms with Gasteiger partial charge in [-0.05, 0) is 43.0 Å². The van der Waals surface area contributed by atoms with Gasteiger partial charge < -0.3 is 5.32 Å². The van der Waals surface area contributed by atoms with Gasteiger partial charge in [0.1, 0.15) is 0 Å². The molecule has 5 nitrogen and oxygen atoms in total. The highest BCUT2D eigenvalue weighted by molar-refractivity contribution is 7.92. The van der Waals surface area contributed by atoms with Gasteiger partial charge in [-0.1, -0.05) is 72.3 Å². The van der Waals surface area contributed by atoms with E-state index in [1.54, 1.807) is 24.3 Å². The predicted octanol–water partition coefficient (Wildman–Crippen LogP) is 4.32. The van der Waals surface area contributed by atoms with Crippen molar-refractivity contribution in [3.8, 4) is 0 Å². The lowest BCUT2D eigenvalue weighted by molar-refractivity contribution is 0.0954. The first kappa shape index (κ1) is 22.6. The number of hydrogen-bond acceptors (Lipinski definition) is 3. The molecule has 1 amide bonds. The van der Waals surface area contributed by atoms with E-state index < -0.39 is 10.0 Å². The number of rotatable bonds is 9. The number of hydrogen-bond donors (Lipinski definition) is 1. The quantitative estimate of drug-likeness (QED) is 0.508. The molecule has 0 unspecified atom stereocenters. The molecule has 0 spiro atoms. The molecule has 6 heteroatoms. The normalized spacial score (nSPS) is 11.2. The van der Waals surface area contributed by atoms with Crippen LogP contribution in [0.5, 0.6) is 0 Å². The van der Waals surface area contributed by atoms with E-state index in [2.05, 4.69) is 30.4 Å². The molecule has 0 saturated carbocycles. The number of aryl methyl sites for hydroxylation is 2. The maximum Gasteiger partial charge on any atom is 0.253 e. The van der Waals surface area contributed by atoms with Crippen molar-refractivity contribution in [1.29, 1.82) is 0 Å². The minimum atomic E-state index is -3.58. The van der Waals surface area contributed by atoms with Crippen LogP contribution in [0.3, 0.4) is 0 Å². The number of para-hydroxylation sites is 1. The molecule has 0 fully saturated rings. The Morgan fingerprint density at radius 2 is 1.58 bits per heavy atom. The summed E-state index contributed by atoms with van der Waals surface area (Å²) >= 11 is 0. The van der Waals surface area contributed by atoms with Crippen molar-refractivity contribution in [2.75, 3.05) is 17.1 Å². The number of anilines is 1. The number of carbonyl (C=O) groups is 1. The molecule has 0 aliphatic carbocycles. The number of amides is 1. The zero-order chi connectivity index (χ0) is 22.3. The second-order valence-corrected chi connectivity index (χ2v) is 9.53. The van der Waals surface area contributed by atoms with Crippen molar-refractivity contribution in [2.45, 2.75) is 26.3 Å². The fraction of sp³-hybridized carbons (Fsp3) is 0.240. The molecular formula is C25H28N2O3S. The third-order valence-electron chi connectivity index (χ3n) is 5.00. The lowest BCUT2D eigenvalue weighted by Gasteiger charge is -2.24. The third kappa shape index (κ3) is 6.43. The van der Waals surface area contributed by atoms with Gasteiger partial charge >= 0.3 is 0 Å². The second kappa shape index (κ2) is 10.3. The molecule has 0 saturated heterocycles. The average molecular weight is 437 g/mol. The molecule has 0 aliphatic heterocycles. The van der Waals surface area contributed by atoms with E-state index >= 15 is 0 Å². The van der Waals surface area contributed by atoms with E-state index in [0.717, 1.165) is 24.7 Å². The average Bonchev–Trinajstić information content (AvgIpc) is 2.75. The van der Waals surface area contributed by atoms with Crippen molar-refractivity contribution in [2.24, 2.45) is 0 Å². The molecule has 3 aromatic rings. The lowest BCUT2D eigenvalue weighted by atomic mass is 10.1. The van der Waals surface area contributed by atoms with Crippen molar-refractivity contribution in [1.82, 2.24) is 5.32 Å². The summed E-state index contributed by atoms with van der Waals surface area (Å²) < 4.78 is 26.4. The van der Waals surface area contributed by atoms with E-state index in [0.29, 0.717) is 17.8 Å². The van der Waals surface area contributed by atoms with Crippen LogP contribution in [0.25, 0.3) is 0 Å². The molecule has 0 atom stereocenters. The third-order valence-corrected chi connectivity index (χ3v) is 6.12. The smallest absolute Gasteiger partial charge is 0.253 e. The van der Waals surface area contributed by atoms with E-state index in [9.17, 15) is 13.2 Å². The van der Waals surface area contributed by atoms with Gasteiger partial charge in [0.2, 0.25) is 10.0 Å². The van der Waals surface area contributed by atoms with Crippen molar-refractivity contribution < 1.29 is 13.2 Å². The maximum absolute atomic E-state index is 12.9. The predicted molar refractivity (Wildman–Crippen MR) is 126 cm³/mol. The first-order valence-corrected chi connectivity index (χ1v) is 12.1. The Morgan fingerprint density at radius 3 is 2.29 bits per heavy atom. The zero-order valence-electron chi connectivity index (χ0n) is 17.9. The fourth-order valence-electron chi connectivity index (χ4n) is 3.47. The molecule has 3 rings (SSSR count).